The molecule has 0 aliphatic heterocycles. The Kier molecular flexibility index (Phi) is 3.99. The van der Waals surface area contributed by atoms with Crippen LogP contribution in [0.2, 0.25) is 5.15 Å². The average molecular weight is 264 g/mol. The van der Waals surface area contributed by atoms with E-state index in [-0.39, 0.29) is 0 Å². The standard InChI is InChI=1S/C13H14ClN3O/c1-3-9-6-4-5-7-10(9)17-13-11(18-2)12(14)15-8-16-13/h4-8H,3H2,1-2H3,(H,15,16,17). The Morgan fingerprint density at radius 1 is 1.28 bits per heavy atom. The van der Waals surface area contributed by atoms with E-state index in [1.807, 2.05) is 18.2 Å². The lowest BCUT2D eigenvalue weighted by Gasteiger charge is -2.13. The van der Waals surface area contributed by atoms with Gasteiger partial charge in [-0.1, -0.05) is 36.7 Å². The van der Waals surface area contributed by atoms with Crippen molar-refractivity contribution in [3.63, 3.8) is 0 Å². The Morgan fingerprint density at radius 3 is 2.78 bits per heavy atom. The molecule has 1 N–H and O–H groups in total. The predicted octanol–water partition coefficient (Wildman–Crippen LogP) is 3.44. The van der Waals surface area contributed by atoms with Gasteiger partial charge >= 0.3 is 0 Å². The minimum Gasteiger partial charge on any atom is -0.490 e. The van der Waals surface area contributed by atoms with Crippen molar-refractivity contribution in [2.24, 2.45) is 0 Å². The first-order valence-corrected chi connectivity index (χ1v) is 6.03. The molecule has 0 saturated carbocycles. The van der Waals surface area contributed by atoms with Crippen molar-refractivity contribution in [3.05, 3.63) is 41.3 Å². The molecule has 4 nitrogen and oxygen atoms in total. The Balaban J connectivity index is 2.37. The molecule has 0 radical (unpaired) electrons. The van der Waals surface area contributed by atoms with Gasteiger partial charge in [0.2, 0.25) is 0 Å². The number of benzene rings is 1. The van der Waals surface area contributed by atoms with Crippen molar-refractivity contribution in [1.82, 2.24) is 9.97 Å². The summed E-state index contributed by atoms with van der Waals surface area (Å²) in [5.74, 6) is 1.02. The smallest absolute Gasteiger partial charge is 0.199 e. The maximum absolute atomic E-state index is 5.95. The van der Waals surface area contributed by atoms with Crippen LogP contribution in [0.4, 0.5) is 11.5 Å². The van der Waals surface area contributed by atoms with Gasteiger partial charge in [-0.25, -0.2) is 9.97 Å². The van der Waals surface area contributed by atoms with E-state index in [1.54, 1.807) is 7.11 Å². The largest absolute Gasteiger partial charge is 0.490 e. The van der Waals surface area contributed by atoms with Crippen molar-refractivity contribution >= 4 is 23.1 Å². The summed E-state index contributed by atoms with van der Waals surface area (Å²) in [5, 5.41) is 3.52. The lowest BCUT2D eigenvalue weighted by molar-refractivity contribution is 0.413. The fraction of sp³-hybridized carbons (Fsp3) is 0.231. The van der Waals surface area contributed by atoms with Gasteiger partial charge in [-0.05, 0) is 18.1 Å². The normalized spacial score (nSPS) is 10.2. The predicted molar refractivity (Wildman–Crippen MR) is 72.7 cm³/mol. The van der Waals surface area contributed by atoms with E-state index in [1.165, 1.54) is 11.9 Å². The van der Waals surface area contributed by atoms with Crippen LogP contribution in [0.1, 0.15) is 12.5 Å². The molecule has 1 aromatic carbocycles. The summed E-state index contributed by atoms with van der Waals surface area (Å²) in [6.45, 7) is 2.10. The summed E-state index contributed by atoms with van der Waals surface area (Å²) in [6.07, 6.45) is 2.34. The molecule has 0 aliphatic rings. The van der Waals surface area contributed by atoms with Gasteiger partial charge < -0.3 is 10.1 Å². The van der Waals surface area contributed by atoms with Gasteiger partial charge in [-0.3, -0.25) is 0 Å². The second-order valence-corrected chi connectivity index (χ2v) is 4.04. The lowest BCUT2D eigenvalue weighted by Crippen LogP contribution is -2.01. The van der Waals surface area contributed by atoms with Gasteiger partial charge in [0.25, 0.3) is 0 Å². The molecule has 0 atom stereocenters. The summed E-state index contributed by atoms with van der Waals surface area (Å²) in [5.41, 5.74) is 2.20. The van der Waals surface area contributed by atoms with Gasteiger partial charge in [0, 0.05) is 5.69 Å². The number of aromatic nitrogens is 2. The van der Waals surface area contributed by atoms with Crippen molar-refractivity contribution in [3.8, 4) is 5.75 Å². The van der Waals surface area contributed by atoms with Gasteiger partial charge in [0.15, 0.2) is 16.7 Å². The van der Waals surface area contributed by atoms with E-state index >= 15 is 0 Å². The minimum absolute atomic E-state index is 0.295. The molecule has 0 amide bonds. The van der Waals surface area contributed by atoms with Gasteiger partial charge in [-0.15, -0.1) is 0 Å². The summed E-state index contributed by atoms with van der Waals surface area (Å²) >= 11 is 5.95. The number of halogens is 1. The second-order valence-electron chi connectivity index (χ2n) is 3.68. The molecule has 2 rings (SSSR count). The quantitative estimate of drug-likeness (QED) is 0.859. The molecule has 1 aromatic heterocycles. The Hall–Kier alpha value is -1.81. The first-order chi connectivity index (χ1) is 8.76. The highest BCUT2D eigenvalue weighted by Crippen LogP contribution is 2.31. The number of nitrogens with one attached hydrogen (secondary N) is 1. The van der Waals surface area contributed by atoms with Crippen LogP contribution in [-0.2, 0) is 6.42 Å². The molecule has 0 fully saturated rings. The van der Waals surface area contributed by atoms with E-state index in [0.717, 1.165) is 12.1 Å². The van der Waals surface area contributed by atoms with Crippen molar-refractivity contribution in [1.29, 1.82) is 0 Å². The van der Waals surface area contributed by atoms with Crippen LogP contribution in [0.3, 0.4) is 0 Å². The van der Waals surface area contributed by atoms with Crippen molar-refractivity contribution in [2.75, 3.05) is 12.4 Å². The highest BCUT2D eigenvalue weighted by Gasteiger charge is 2.11. The van der Waals surface area contributed by atoms with E-state index in [0.29, 0.717) is 16.7 Å². The zero-order valence-corrected chi connectivity index (χ0v) is 11.0. The number of hydrogen-bond donors (Lipinski definition) is 1. The summed E-state index contributed by atoms with van der Waals surface area (Å²) in [7, 11) is 1.54. The molecule has 18 heavy (non-hydrogen) atoms. The highest BCUT2D eigenvalue weighted by molar-refractivity contribution is 6.31. The monoisotopic (exact) mass is 263 g/mol. The molecule has 94 valence electrons. The van der Waals surface area contributed by atoms with Crippen LogP contribution in [0, 0.1) is 0 Å². The maximum atomic E-state index is 5.95. The Bertz CT molecular complexity index is 546. The molecular formula is C13H14ClN3O. The molecule has 0 bridgehead atoms. The molecular weight excluding hydrogens is 250 g/mol. The van der Waals surface area contributed by atoms with Crippen LogP contribution in [0.5, 0.6) is 5.75 Å². The van der Waals surface area contributed by atoms with Gasteiger partial charge in [0.05, 0.1) is 7.11 Å². The van der Waals surface area contributed by atoms with Crippen LogP contribution >= 0.6 is 11.6 Å². The Morgan fingerprint density at radius 2 is 2.06 bits per heavy atom. The molecule has 1 heterocycles. The molecule has 0 spiro atoms. The number of rotatable bonds is 4. The van der Waals surface area contributed by atoms with Crippen LogP contribution in [0.25, 0.3) is 0 Å². The number of para-hydroxylation sites is 1. The summed E-state index contributed by atoms with van der Waals surface area (Å²) < 4.78 is 5.20. The molecule has 5 heteroatoms. The maximum Gasteiger partial charge on any atom is 0.199 e. The first-order valence-electron chi connectivity index (χ1n) is 5.65. The van der Waals surface area contributed by atoms with Crippen molar-refractivity contribution < 1.29 is 4.74 Å². The minimum atomic E-state index is 0.295. The van der Waals surface area contributed by atoms with Gasteiger partial charge in [0.1, 0.15) is 6.33 Å². The summed E-state index contributed by atoms with van der Waals surface area (Å²) in [6, 6.07) is 8.04. The molecule has 2 aromatic rings. The fourth-order valence-electron chi connectivity index (χ4n) is 1.70. The zero-order chi connectivity index (χ0) is 13.0. The number of aryl methyl sites for hydroxylation is 1. The molecule has 0 saturated heterocycles. The number of hydrogen-bond acceptors (Lipinski definition) is 4. The molecule has 0 unspecified atom stereocenters. The Labute approximate surface area is 111 Å². The van der Waals surface area contributed by atoms with Crippen LogP contribution in [-0.4, -0.2) is 17.1 Å². The third-order valence-electron chi connectivity index (χ3n) is 2.62. The van der Waals surface area contributed by atoms with Gasteiger partial charge in [-0.2, -0.15) is 0 Å². The molecule has 0 aliphatic carbocycles. The number of ether oxygens (including phenoxy) is 1. The van der Waals surface area contributed by atoms with E-state index in [4.69, 9.17) is 16.3 Å². The number of anilines is 2. The summed E-state index contributed by atoms with van der Waals surface area (Å²) in [4.78, 5) is 8.03. The third kappa shape index (κ3) is 2.54. The van der Waals surface area contributed by atoms with E-state index in [2.05, 4.69) is 28.3 Å². The third-order valence-corrected chi connectivity index (χ3v) is 2.89. The zero-order valence-electron chi connectivity index (χ0n) is 10.3. The first kappa shape index (κ1) is 12.6. The second kappa shape index (κ2) is 5.69. The number of methoxy groups -OCH3 is 1. The SMILES string of the molecule is CCc1ccccc1Nc1ncnc(Cl)c1OC. The van der Waals surface area contributed by atoms with E-state index < -0.39 is 0 Å². The topological polar surface area (TPSA) is 47.0 Å². The fourth-order valence-corrected chi connectivity index (χ4v) is 1.91. The lowest BCUT2D eigenvalue weighted by atomic mass is 10.1. The number of nitrogens with zero attached hydrogens (tertiary/aromatic N) is 2. The van der Waals surface area contributed by atoms with Crippen molar-refractivity contribution in [2.45, 2.75) is 13.3 Å². The highest BCUT2D eigenvalue weighted by atomic mass is 35.5. The average Bonchev–Trinajstić information content (AvgIpc) is 2.40. The van der Waals surface area contributed by atoms with Crippen LogP contribution in [0.15, 0.2) is 30.6 Å². The van der Waals surface area contributed by atoms with E-state index in [9.17, 15) is 0 Å². The van der Waals surface area contributed by atoms with Crippen LogP contribution < -0.4 is 10.1 Å².